The molecule has 0 aromatic carbocycles. The van der Waals surface area contributed by atoms with Crippen LogP contribution in [0.1, 0.15) is 30.0 Å². The molecule has 1 aromatic rings. The number of aromatic amines is 1. The first-order valence-corrected chi connectivity index (χ1v) is 4.48. The van der Waals surface area contributed by atoms with Gasteiger partial charge in [-0.05, 0) is 13.3 Å². The summed E-state index contributed by atoms with van der Waals surface area (Å²) in [6, 6.07) is 0. The molecule has 0 bridgehead atoms. The minimum Gasteiger partial charge on any atom is -0.461 e. The van der Waals surface area contributed by atoms with Crippen LogP contribution in [0, 0.1) is 0 Å². The van der Waals surface area contributed by atoms with Crippen molar-refractivity contribution < 1.29 is 9.53 Å². The fourth-order valence-corrected chi connectivity index (χ4v) is 1.23. The number of carbonyl (C=O) groups excluding carboxylic acids is 1. The molecule has 1 aromatic heterocycles. The van der Waals surface area contributed by atoms with Gasteiger partial charge in [-0.3, -0.25) is 5.10 Å². The second kappa shape index (κ2) is 4.28. The van der Waals surface area contributed by atoms with E-state index in [4.69, 9.17) is 16.3 Å². The van der Waals surface area contributed by atoms with E-state index in [1.54, 1.807) is 6.92 Å². The largest absolute Gasteiger partial charge is 0.461 e. The zero-order chi connectivity index (χ0) is 9.84. The average Bonchev–Trinajstić information content (AvgIpc) is 2.47. The Morgan fingerprint density at radius 2 is 2.31 bits per heavy atom. The van der Waals surface area contributed by atoms with Gasteiger partial charge in [0.1, 0.15) is 0 Å². The first-order valence-electron chi connectivity index (χ1n) is 4.10. The summed E-state index contributed by atoms with van der Waals surface area (Å²) in [5.74, 6) is -0.483. The van der Waals surface area contributed by atoms with E-state index in [0.717, 1.165) is 5.69 Å². The third-order valence-corrected chi connectivity index (χ3v) is 2.00. The van der Waals surface area contributed by atoms with Gasteiger partial charge in [-0.15, -0.1) is 0 Å². The number of nitrogens with one attached hydrogen (secondary N) is 1. The highest BCUT2D eigenvalue weighted by Crippen LogP contribution is 2.19. The molecule has 0 amide bonds. The number of hydrogen-bond acceptors (Lipinski definition) is 3. The van der Waals surface area contributed by atoms with Gasteiger partial charge in [0, 0.05) is 0 Å². The number of rotatable bonds is 3. The Morgan fingerprint density at radius 3 is 2.77 bits per heavy atom. The van der Waals surface area contributed by atoms with Crippen molar-refractivity contribution in [3.63, 3.8) is 0 Å². The van der Waals surface area contributed by atoms with E-state index in [0.29, 0.717) is 18.1 Å². The summed E-state index contributed by atoms with van der Waals surface area (Å²) in [5, 5.41) is 6.82. The molecule has 0 atom stereocenters. The molecule has 0 saturated carbocycles. The lowest BCUT2D eigenvalue weighted by molar-refractivity contribution is 0.0519. The van der Waals surface area contributed by atoms with Gasteiger partial charge in [-0.25, -0.2) is 4.79 Å². The van der Waals surface area contributed by atoms with Gasteiger partial charge in [0.2, 0.25) is 0 Å². The number of nitrogens with zero attached hydrogens (tertiary/aromatic N) is 1. The number of halogens is 1. The Labute approximate surface area is 81.2 Å². The van der Waals surface area contributed by atoms with Gasteiger partial charge in [0.25, 0.3) is 0 Å². The molecule has 0 aliphatic heterocycles. The highest BCUT2D eigenvalue weighted by atomic mass is 35.5. The van der Waals surface area contributed by atoms with E-state index in [-0.39, 0.29) is 5.69 Å². The quantitative estimate of drug-likeness (QED) is 0.761. The van der Waals surface area contributed by atoms with Gasteiger partial charge < -0.3 is 4.74 Å². The fourth-order valence-electron chi connectivity index (χ4n) is 0.933. The molecule has 1 N–H and O–H groups in total. The monoisotopic (exact) mass is 202 g/mol. The second-order valence-electron chi connectivity index (χ2n) is 2.44. The Bertz CT molecular complexity index is 309. The van der Waals surface area contributed by atoms with Crippen LogP contribution in [0.5, 0.6) is 0 Å². The van der Waals surface area contributed by atoms with Crippen LogP contribution in [-0.2, 0) is 11.2 Å². The van der Waals surface area contributed by atoms with Gasteiger partial charge in [0.15, 0.2) is 5.69 Å². The first kappa shape index (κ1) is 10.1. The normalized spacial score (nSPS) is 10.1. The fraction of sp³-hybridized carbons (Fsp3) is 0.500. The lowest BCUT2D eigenvalue weighted by Gasteiger charge is -1.97. The van der Waals surface area contributed by atoms with E-state index < -0.39 is 5.97 Å². The molecule has 5 heteroatoms. The summed E-state index contributed by atoms with van der Waals surface area (Å²) in [5.41, 5.74) is 0.921. The molecule has 0 aliphatic carbocycles. The molecule has 0 fully saturated rings. The zero-order valence-electron chi connectivity index (χ0n) is 7.56. The summed E-state index contributed by atoms with van der Waals surface area (Å²) in [6.45, 7) is 3.98. The highest BCUT2D eigenvalue weighted by molar-refractivity contribution is 6.33. The van der Waals surface area contributed by atoms with Crippen LogP contribution in [0.2, 0.25) is 5.02 Å². The van der Waals surface area contributed by atoms with Crippen LogP contribution in [0.15, 0.2) is 0 Å². The highest BCUT2D eigenvalue weighted by Gasteiger charge is 2.17. The van der Waals surface area contributed by atoms with Gasteiger partial charge >= 0.3 is 5.97 Å². The second-order valence-corrected chi connectivity index (χ2v) is 2.82. The molecule has 72 valence electrons. The molecule has 13 heavy (non-hydrogen) atoms. The molecule has 0 aliphatic rings. The molecule has 0 spiro atoms. The smallest absolute Gasteiger partial charge is 0.360 e. The summed E-state index contributed by atoms with van der Waals surface area (Å²) in [6.07, 6.45) is 0.714. The van der Waals surface area contributed by atoms with Crippen molar-refractivity contribution in [1.82, 2.24) is 10.2 Å². The van der Waals surface area contributed by atoms with Crippen molar-refractivity contribution in [2.24, 2.45) is 0 Å². The van der Waals surface area contributed by atoms with Gasteiger partial charge in [-0.1, -0.05) is 18.5 Å². The van der Waals surface area contributed by atoms with E-state index in [1.165, 1.54) is 0 Å². The van der Waals surface area contributed by atoms with E-state index >= 15 is 0 Å². The van der Waals surface area contributed by atoms with Crippen molar-refractivity contribution in [2.45, 2.75) is 20.3 Å². The van der Waals surface area contributed by atoms with E-state index in [9.17, 15) is 4.79 Å². The Morgan fingerprint density at radius 1 is 1.62 bits per heavy atom. The maximum Gasteiger partial charge on any atom is 0.360 e. The van der Waals surface area contributed by atoms with Crippen LogP contribution >= 0.6 is 11.6 Å². The maximum atomic E-state index is 11.2. The topological polar surface area (TPSA) is 55.0 Å². The van der Waals surface area contributed by atoms with Crippen LogP contribution in [0.25, 0.3) is 0 Å². The molecule has 0 radical (unpaired) electrons. The average molecular weight is 203 g/mol. The summed E-state index contributed by atoms with van der Waals surface area (Å²) in [4.78, 5) is 11.2. The number of carbonyl (C=O) groups is 1. The predicted octanol–water partition coefficient (Wildman–Crippen LogP) is 1.80. The van der Waals surface area contributed by atoms with Gasteiger partial charge in [-0.2, -0.15) is 5.10 Å². The standard InChI is InChI=1S/C8H11ClN2O2/c1-3-5-6(9)7(11-10-5)8(12)13-4-2/h3-4H2,1-2H3,(H,10,11). The van der Waals surface area contributed by atoms with Crippen molar-refractivity contribution >= 4 is 17.6 Å². The number of ether oxygens (including phenoxy) is 1. The minimum atomic E-state index is -0.483. The molecular weight excluding hydrogens is 192 g/mol. The molecule has 4 nitrogen and oxygen atoms in total. The number of esters is 1. The Balaban J connectivity index is 2.89. The van der Waals surface area contributed by atoms with E-state index in [2.05, 4.69) is 10.2 Å². The minimum absolute atomic E-state index is 0.167. The summed E-state index contributed by atoms with van der Waals surface area (Å²) >= 11 is 5.86. The van der Waals surface area contributed by atoms with Crippen LogP contribution in [0.3, 0.4) is 0 Å². The Kier molecular flexibility index (Phi) is 3.31. The molecular formula is C8H11ClN2O2. The first-order chi connectivity index (χ1) is 6.20. The molecule has 0 unspecified atom stereocenters. The molecule has 1 heterocycles. The third kappa shape index (κ3) is 2.01. The molecule has 1 rings (SSSR count). The van der Waals surface area contributed by atoms with Crippen molar-refractivity contribution in [3.05, 3.63) is 16.4 Å². The third-order valence-electron chi connectivity index (χ3n) is 1.60. The zero-order valence-corrected chi connectivity index (χ0v) is 8.31. The SMILES string of the molecule is CCOC(=O)c1n[nH]c(CC)c1Cl. The number of hydrogen-bond donors (Lipinski definition) is 1. The van der Waals surface area contributed by atoms with Crippen LogP contribution in [-0.4, -0.2) is 22.8 Å². The summed E-state index contributed by atoms with van der Waals surface area (Å²) < 4.78 is 4.76. The number of aryl methyl sites for hydroxylation is 1. The lowest BCUT2D eigenvalue weighted by atomic mass is 10.3. The van der Waals surface area contributed by atoms with Gasteiger partial charge in [0.05, 0.1) is 17.3 Å². The van der Waals surface area contributed by atoms with Crippen LogP contribution < -0.4 is 0 Å². The van der Waals surface area contributed by atoms with Crippen molar-refractivity contribution in [2.75, 3.05) is 6.61 Å². The lowest BCUT2D eigenvalue weighted by Crippen LogP contribution is -2.05. The molecule has 0 saturated heterocycles. The van der Waals surface area contributed by atoms with E-state index in [1.807, 2.05) is 6.92 Å². The maximum absolute atomic E-state index is 11.2. The van der Waals surface area contributed by atoms with Crippen LogP contribution in [0.4, 0.5) is 0 Å². The summed E-state index contributed by atoms with van der Waals surface area (Å²) in [7, 11) is 0. The number of H-pyrrole nitrogens is 1. The van der Waals surface area contributed by atoms with Crippen molar-refractivity contribution in [3.8, 4) is 0 Å². The Hall–Kier alpha value is -1.03. The number of aromatic nitrogens is 2. The van der Waals surface area contributed by atoms with Crippen molar-refractivity contribution in [1.29, 1.82) is 0 Å². The predicted molar refractivity (Wildman–Crippen MR) is 48.9 cm³/mol.